The van der Waals surface area contributed by atoms with Crippen LogP contribution in [0.25, 0.3) is 11.0 Å². The third kappa shape index (κ3) is 3.95. The molecule has 0 radical (unpaired) electrons. The monoisotopic (exact) mass is 316 g/mol. The normalized spacial score (nSPS) is 11.3. The van der Waals surface area contributed by atoms with Crippen LogP contribution in [0, 0.1) is 13.8 Å². The molecule has 0 N–H and O–H groups in total. The van der Waals surface area contributed by atoms with E-state index >= 15 is 0 Å². The maximum Gasteiger partial charge on any atom is 0.231 e. The third-order valence-corrected chi connectivity index (χ3v) is 3.49. The van der Waals surface area contributed by atoms with Crippen LogP contribution in [-0.2, 0) is 0 Å². The average molecular weight is 316 g/mol. The summed E-state index contributed by atoms with van der Waals surface area (Å²) in [5, 5.41) is 0. The van der Waals surface area contributed by atoms with Gasteiger partial charge in [0.25, 0.3) is 0 Å². The SMILES string of the molecule is CC.Cc1ccc2c(c1)OCO2.Cc1ccc2nsnc2c1. The van der Waals surface area contributed by atoms with Crippen LogP contribution >= 0.6 is 11.7 Å². The predicted molar refractivity (Wildman–Crippen MR) is 90.8 cm³/mol. The zero-order valence-electron chi connectivity index (χ0n) is 13.3. The van der Waals surface area contributed by atoms with E-state index in [1.807, 2.05) is 57.2 Å². The Morgan fingerprint density at radius 3 is 2.27 bits per heavy atom. The zero-order valence-corrected chi connectivity index (χ0v) is 14.1. The summed E-state index contributed by atoms with van der Waals surface area (Å²) in [4.78, 5) is 0. The zero-order chi connectivity index (χ0) is 15.9. The molecule has 0 bridgehead atoms. The fourth-order valence-electron chi connectivity index (χ4n) is 1.90. The van der Waals surface area contributed by atoms with Gasteiger partial charge in [-0.2, -0.15) is 8.75 Å². The van der Waals surface area contributed by atoms with Gasteiger partial charge in [-0.05, 0) is 49.2 Å². The Bertz CT molecular complexity index is 740. The number of benzene rings is 2. The number of fused-ring (bicyclic) bond motifs is 2. The van der Waals surface area contributed by atoms with Crippen molar-refractivity contribution in [2.45, 2.75) is 27.7 Å². The predicted octanol–water partition coefficient (Wildman–Crippen LogP) is 4.75. The topological polar surface area (TPSA) is 44.2 Å². The summed E-state index contributed by atoms with van der Waals surface area (Å²) in [7, 11) is 0. The Morgan fingerprint density at radius 2 is 1.45 bits per heavy atom. The molecule has 1 aromatic heterocycles. The van der Waals surface area contributed by atoms with Gasteiger partial charge < -0.3 is 9.47 Å². The first-order valence-electron chi connectivity index (χ1n) is 7.27. The number of hydrogen-bond acceptors (Lipinski definition) is 5. The van der Waals surface area contributed by atoms with E-state index in [4.69, 9.17) is 9.47 Å². The van der Waals surface area contributed by atoms with Crippen LogP contribution in [0.5, 0.6) is 11.5 Å². The van der Waals surface area contributed by atoms with Gasteiger partial charge in [0.1, 0.15) is 11.0 Å². The molecule has 5 heteroatoms. The fourth-order valence-corrected chi connectivity index (χ4v) is 2.41. The maximum absolute atomic E-state index is 5.16. The Balaban J connectivity index is 0.000000144. The van der Waals surface area contributed by atoms with E-state index in [0.29, 0.717) is 6.79 Å². The number of nitrogens with zero attached hydrogens (tertiary/aromatic N) is 2. The van der Waals surface area contributed by atoms with Gasteiger partial charge in [0, 0.05) is 0 Å². The van der Waals surface area contributed by atoms with E-state index in [9.17, 15) is 0 Å². The fraction of sp³-hybridized carbons (Fsp3) is 0.294. The van der Waals surface area contributed by atoms with Crippen LogP contribution < -0.4 is 9.47 Å². The molecule has 4 rings (SSSR count). The number of rotatable bonds is 0. The quantitative estimate of drug-likeness (QED) is 0.600. The molecule has 2 aromatic carbocycles. The molecule has 0 saturated heterocycles. The van der Waals surface area contributed by atoms with Crippen LogP contribution in [0.15, 0.2) is 36.4 Å². The Hall–Kier alpha value is -2.14. The van der Waals surface area contributed by atoms with E-state index in [0.717, 1.165) is 22.5 Å². The number of aryl methyl sites for hydroxylation is 2. The van der Waals surface area contributed by atoms with Crippen LogP contribution in [0.1, 0.15) is 25.0 Å². The molecule has 116 valence electrons. The molecule has 0 saturated carbocycles. The van der Waals surface area contributed by atoms with Gasteiger partial charge in [-0.15, -0.1) is 0 Å². The smallest absolute Gasteiger partial charge is 0.231 e. The van der Waals surface area contributed by atoms with Crippen LogP contribution in [0.2, 0.25) is 0 Å². The summed E-state index contributed by atoms with van der Waals surface area (Å²) in [5.74, 6) is 1.71. The Morgan fingerprint density at radius 1 is 0.818 bits per heavy atom. The van der Waals surface area contributed by atoms with Gasteiger partial charge in [-0.25, -0.2) is 0 Å². The summed E-state index contributed by atoms with van der Waals surface area (Å²) < 4.78 is 18.5. The lowest BCUT2D eigenvalue weighted by Crippen LogP contribution is -1.92. The molecule has 22 heavy (non-hydrogen) atoms. The van der Waals surface area contributed by atoms with Crippen LogP contribution in [0.4, 0.5) is 0 Å². The van der Waals surface area contributed by atoms with Crippen molar-refractivity contribution < 1.29 is 9.47 Å². The minimum Gasteiger partial charge on any atom is -0.454 e. The lowest BCUT2D eigenvalue weighted by Gasteiger charge is -1.94. The summed E-state index contributed by atoms with van der Waals surface area (Å²) >= 11 is 1.26. The Kier molecular flexibility index (Phi) is 5.72. The first-order valence-corrected chi connectivity index (χ1v) is 8.00. The third-order valence-electron chi connectivity index (χ3n) is 2.94. The summed E-state index contributed by atoms with van der Waals surface area (Å²) in [6, 6.07) is 12.0. The van der Waals surface area contributed by atoms with Crippen molar-refractivity contribution in [1.29, 1.82) is 0 Å². The van der Waals surface area contributed by atoms with Crippen molar-refractivity contribution in [3.8, 4) is 11.5 Å². The summed E-state index contributed by atoms with van der Waals surface area (Å²) in [5.41, 5.74) is 4.44. The second-order valence-corrected chi connectivity index (χ2v) is 5.14. The molecular weight excluding hydrogens is 296 g/mol. The van der Waals surface area contributed by atoms with Gasteiger partial charge in [0.15, 0.2) is 11.5 Å². The second kappa shape index (κ2) is 7.75. The lowest BCUT2D eigenvalue weighted by atomic mass is 10.2. The van der Waals surface area contributed by atoms with Gasteiger partial charge >= 0.3 is 0 Å². The van der Waals surface area contributed by atoms with Gasteiger partial charge in [0.2, 0.25) is 6.79 Å². The van der Waals surface area contributed by atoms with Gasteiger partial charge in [0.05, 0.1) is 11.7 Å². The second-order valence-electron chi connectivity index (χ2n) is 4.61. The van der Waals surface area contributed by atoms with E-state index in [1.54, 1.807) is 0 Å². The molecular formula is C17H20N2O2S. The van der Waals surface area contributed by atoms with E-state index in [-0.39, 0.29) is 0 Å². The molecule has 0 atom stereocenters. The summed E-state index contributed by atoms with van der Waals surface area (Å²) in [6.07, 6.45) is 0. The molecule has 2 heterocycles. The molecule has 3 aromatic rings. The van der Waals surface area contributed by atoms with E-state index < -0.39 is 0 Å². The highest BCUT2D eigenvalue weighted by molar-refractivity contribution is 7.00. The molecule has 0 aliphatic carbocycles. The lowest BCUT2D eigenvalue weighted by molar-refractivity contribution is 0.174. The van der Waals surface area contributed by atoms with Crippen molar-refractivity contribution >= 4 is 22.8 Å². The van der Waals surface area contributed by atoms with Crippen LogP contribution in [-0.4, -0.2) is 15.5 Å². The molecule has 0 fully saturated rings. The van der Waals surface area contributed by atoms with Gasteiger partial charge in [-0.3, -0.25) is 0 Å². The highest BCUT2D eigenvalue weighted by atomic mass is 32.1. The molecule has 1 aliphatic heterocycles. The van der Waals surface area contributed by atoms with Crippen molar-refractivity contribution in [1.82, 2.24) is 8.75 Å². The van der Waals surface area contributed by atoms with E-state index in [2.05, 4.69) is 15.7 Å². The number of hydrogen-bond donors (Lipinski definition) is 0. The van der Waals surface area contributed by atoms with Crippen molar-refractivity contribution in [3.05, 3.63) is 47.5 Å². The molecule has 0 amide bonds. The number of ether oxygens (including phenoxy) is 2. The minimum atomic E-state index is 0.360. The largest absolute Gasteiger partial charge is 0.454 e. The highest BCUT2D eigenvalue weighted by Crippen LogP contribution is 2.31. The molecule has 1 aliphatic rings. The standard InChI is InChI=1S/C8H8O2.C7H6N2S.C2H6/c1-6-2-3-7-8(4-6)10-5-9-7;1-5-2-3-6-7(4-5)9-10-8-6;1-2/h2-4H,5H2,1H3;2-4H,1H3;1-2H3. The Labute approximate surface area is 135 Å². The first-order chi connectivity index (χ1) is 10.7. The van der Waals surface area contributed by atoms with Gasteiger partial charge in [-0.1, -0.05) is 26.0 Å². The first kappa shape index (κ1) is 16.2. The molecule has 0 spiro atoms. The maximum atomic E-state index is 5.16. The van der Waals surface area contributed by atoms with Crippen molar-refractivity contribution in [3.63, 3.8) is 0 Å². The summed E-state index contributed by atoms with van der Waals surface area (Å²) in [6.45, 7) is 8.44. The molecule has 0 unspecified atom stereocenters. The highest BCUT2D eigenvalue weighted by Gasteiger charge is 2.11. The van der Waals surface area contributed by atoms with Crippen LogP contribution in [0.3, 0.4) is 0 Å². The molecule has 4 nitrogen and oxygen atoms in total. The van der Waals surface area contributed by atoms with E-state index in [1.165, 1.54) is 22.9 Å². The minimum absolute atomic E-state index is 0.360. The van der Waals surface area contributed by atoms with Crippen molar-refractivity contribution in [2.75, 3.05) is 6.79 Å². The van der Waals surface area contributed by atoms with Crippen molar-refractivity contribution in [2.24, 2.45) is 0 Å². The average Bonchev–Trinajstić information content (AvgIpc) is 3.17. The number of aromatic nitrogens is 2.